The Morgan fingerprint density at radius 2 is 1.83 bits per heavy atom. The summed E-state index contributed by atoms with van der Waals surface area (Å²) in [5.74, 6) is 1.08. The molecule has 2 rings (SSSR count). The third-order valence-electron chi connectivity index (χ3n) is 3.13. The van der Waals surface area contributed by atoms with E-state index in [1.54, 1.807) is 25.4 Å². The molecule has 0 amide bonds. The molecule has 1 heterocycles. The van der Waals surface area contributed by atoms with Gasteiger partial charge in [0.05, 0.1) is 19.0 Å². The second-order valence-electron chi connectivity index (χ2n) is 5.02. The first-order chi connectivity index (χ1) is 10.9. The highest BCUT2D eigenvalue weighted by Crippen LogP contribution is 2.15. The number of hydrogen-bond donors (Lipinski definition) is 2. The third kappa shape index (κ3) is 4.83. The van der Waals surface area contributed by atoms with Crippen LogP contribution in [-0.2, 0) is 16.8 Å². The molecule has 8 heteroatoms. The van der Waals surface area contributed by atoms with Gasteiger partial charge in [0.15, 0.2) is 0 Å². The number of rotatable bonds is 7. The number of nitrogens with zero attached hydrogens (tertiary/aromatic N) is 2. The van der Waals surface area contributed by atoms with Gasteiger partial charge in [0, 0.05) is 20.6 Å². The van der Waals surface area contributed by atoms with E-state index in [4.69, 9.17) is 4.74 Å². The zero-order chi connectivity index (χ0) is 16.9. The zero-order valence-corrected chi connectivity index (χ0v) is 14.1. The molecule has 0 atom stereocenters. The highest BCUT2D eigenvalue weighted by atomic mass is 32.2. The van der Waals surface area contributed by atoms with E-state index in [2.05, 4.69) is 15.0 Å². The predicted octanol–water partition coefficient (Wildman–Crippen LogP) is 1.92. The molecule has 0 unspecified atom stereocenters. The first kappa shape index (κ1) is 17.0. The lowest BCUT2D eigenvalue weighted by Crippen LogP contribution is -2.29. The van der Waals surface area contributed by atoms with E-state index in [-0.39, 0.29) is 5.82 Å². The van der Waals surface area contributed by atoms with Crippen LogP contribution in [0.15, 0.2) is 42.6 Å². The van der Waals surface area contributed by atoms with E-state index in [1.165, 1.54) is 14.1 Å². The number of benzene rings is 1. The molecule has 0 aliphatic heterocycles. The molecule has 0 saturated carbocycles. The molecule has 0 spiro atoms. The van der Waals surface area contributed by atoms with Crippen LogP contribution in [0.4, 0.5) is 11.5 Å². The van der Waals surface area contributed by atoms with Gasteiger partial charge in [0.2, 0.25) is 0 Å². The molecular formula is C15H20N4O3S. The van der Waals surface area contributed by atoms with Gasteiger partial charge in [-0.3, -0.25) is 4.72 Å². The Morgan fingerprint density at radius 1 is 1.13 bits per heavy atom. The predicted molar refractivity (Wildman–Crippen MR) is 90.8 cm³/mol. The molecule has 2 N–H and O–H groups in total. The molecule has 1 aromatic carbocycles. The van der Waals surface area contributed by atoms with E-state index in [0.29, 0.717) is 6.54 Å². The lowest BCUT2D eigenvalue weighted by atomic mass is 10.2. The molecule has 0 radical (unpaired) electrons. The summed E-state index contributed by atoms with van der Waals surface area (Å²) in [4.78, 5) is 4.09. The van der Waals surface area contributed by atoms with Crippen molar-refractivity contribution >= 4 is 21.7 Å². The molecule has 0 saturated heterocycles. The van der Waals surface area contributed by atoms with Crippen LogP contribution >= 0.6 is 0 Å². The summed E-state index contributed by atoms with van der Waals surface area (Å²) in [6, 6.07) is 11.1. The van der Waals surface area contributed by atoms with Gasteiger partial charge in [-0.1, -0.05) is 12.1 Å². The van der Waals surface area contributed by atoms with Crippen molar-refractivity contribution < 1.29 is 13.2 Å². The summed E-state index contributed by atoms with van der Waals surface area (Å²) < 4.78 is 32.0. The number of pyridine rings is 1. The molecular weight excluding hydrogens is 316 g/mol. The molecule has 124 valence electrons. The van der Waals surface area contributed by atoms with Crippen molar-refractivity contribution in [2.24, 2.45) is 0 Å². The molecule has 0 aliphatic rings. The summed E-state index contributed by atoms with van der Waals surface area (Å²) in [6.07, 6.45) is 1.58. The van der Waals surface area contributed by atoms with Crippen molar-refractivity contribution in [1.82, 2.24) is 9.29 Å². The first-order valence-electron chi connectivity index (χ1n) is 6.94. The van der Waals surface area contributed by atoms with Crippen LogP contribution in [0.1, 0.15) is 5.56 Å². The lowest BCUT2D eigenvalue weighted by molar-refractivity contribution is 0.414. The summed E-state index contributed by atoms with van der Waals surface area (Å²) in [6.45, 7) is 0.633. The van der Waals surface area contributed by atoms with Crippen molar-refractivity contribution in [3.05, 3.63) is 48.2 Å². The Balaban J connectivity index is 1.94. The fourth-order valence-corrected chi connectivity index (χ4v) is 2.30. The van der Waals surface area contributed by atoms with Crippen LogP contribution < -0.4 is 14.8 Å². The van der Waals surface area contributed by atoms with E-state index >= 15 is 0 Å². The average Bonchev–Trinajstić information content (AvgIpc) is 2.54. The summed E-state index contributed by atoms with van der Waals surface area (Å²) in [5, 5.41) is 3.22. The van der Waals surface area contributed by atoms with Gasteiger partial charge in [-0.15, -0.1) is 0 Å². The quantitative estimate of drug-likeness (QED) is 0.807. The number of methoxy groups -OCH3 is 1. The van der Waals surface area contributed by atoms with Crippen LogP contribution in [0.25, 0.3) is 0 Å². The van der Waals surface area contributed by atoms with Crippen molar-refractivity contribution in [3.63, 3.8) is 0 Å². The van der Waals surface area contributed by atoms with Gasteiger partial charge >= 0.3 is 10.2 Å². The Labute approximate surface area is 136 Å². The highest BCUT2D eigenvalue weighted by Gasteiger charge is 2.13. The number of anilines is 2. The standard InChI is InChI=1S/C15H20N4O3S/c1-19(2)23(20,21)18-15-9-6-13(11-17-15)16-10-12-4-7-14(22-3)8-5-12/h4-9,11,16H,10H2,1-3H3,(H,17,18). The van der Waals surface area contributed by atoms with Crippen LogP contribution in [0, 0.1) is 0 Å². The highest BCUT2D eigenvalue weighted by molar-refractivity contribution is 7.90. The maximum atomic E-state index is 11.7. The average molecular weight is 336 g/mol. The van der Waals surface area contributed by atoms with E-state index in [0.717, 1.165) is 21.3 Å². The fourth-order valence-electron chi connectivity index (χ4n) is 1.73. The second-order valence-corrected chi connectivity index (χ2v) is 6.91. The topological polar surface area (TPSA) is 83.6 Å². The van der Waals surface area contributed by atoms with Gasteiger partial charge < -0.3 is 10.1 Å². The first-order valence-corrected chi connectivity index (χ1v) is 8.38. The molecule has 1 aromatic heterocycles. The number of aromatic nitrogens is 1. The summed E-state index contributed by atoms with van der Waals surface area (Å²) >= 11 is 0. The maximum Gasteiger partial charge on any atom is 0.302 e. The Hall–Kier alpha value is -2.32. The van der Waals surface area contributed by atoms with Gasteiger partial charge in [0.25, 0.3) is 0 Å². The third-order valence-corrected chi connectivity index (χ3v) is 4.56. The van der Waals surface area contributed by atoms with Gasteiger partial charge in [-0.25, -0.2) is 4.98 Å². The smallest absolute Gasteiger partial charge is 0.302 e. The minimum atomic E-state index is -3.54. The van der Waals surface area contributed by atoms with Crippen molar-refractivity contribution in [3.8, 4) is 5.75 Å². The molecule has 0 aliphatic carbocycles. The van der Waals surface area contributed by atoms with Gasteiger partial charge in [-0.05, 0) is 29.8 Å². The number of nitrogens with one attached hydrogen (secondary N) is 2. The SMILES string of the molecule is COc1ccc(CNc2ccc(NS(=O)(=O)N(C)C)nc2)cc1. The van der Waals surface area contributed by atoms with Crippen LogP contribution in [-0.4, -0.2) is 38.9 Å². The van der Waals surface area contributed by atoms with E-state index in [9.17, 15) is 8.42 Å². The largest absolute Gasteiger partial charge is 0.497 e. The Kier molecular flexibility index (Phi) is 5.41. The monoisotopic (exact) mass is 336 g/mol. The number of hydrogen-bond acceptors (Lipinski definition) is 5. The molecule has 2 aromatic rings. The van der Waals surface area contributed by atoms with Crippen molar-refractivity contribution in [1.29, 1.82) is 0 Å². The van der Waals surface area contributed by atoms with E-state index in [1.807, 2.05) is 24.3 Å². The van der Waals surface area contributed by atoms with Crippen LogP contribution in [0.3, 0.4) is 0 Å². The van der Waals surface area contributed by atoms with Crippen molar-refractivity contribution in [2.75, 3.05) is 31.2 Å². The van der Waals surface area contributed by atoms with Crippen LogP contribution in [0.5, 0.6) is 5.75 Å². The Bertz CT molecular complexity index is 728. The maximum absolute atomic E-state index is 11.7. The molecule has 0 fully saturated rings. The van der Waals surface area contributed by atoms with Crippen molar-refractivity contribution in [2.45, 2.75) is 6.54 Å². The lowest BCUT2D eigenvalue weighted by Gasteiger charge is -2.13. The van der Waals surface area contributed by atoms with Gasteiger partial charge in [-0.2, -0.15) is 12.7 Å². The zero-order valence-electron chi connectivity index (χ0n) is 13.3. The number of ether oxygens (including phenoxy) is 1. The van der Waals surface area contributed by atoms with Crippen LogP contribution in [0.2, 0.25) is 0 Å². The summed E-state index contributed by atoms with van der Waals surface area (Å²) in [7, 11) is 0.996. The summed E-state index contributed by atoms with van der Waals surface area (Å²) in [5.41, 5.74) is 1.90. The second kappa shape index (κ2) is 7.30. The Morgan fingerprint density at radius 3 is 2.35 bits per heavy atom. The normalized spacial score (nSPS) is 11.3. The minimum absolute atomic E-state index is 0.272. The molecule has 7 nitrogen and oxygen atoms in total. The molecule has 23 heavy (non-hydrogen) atoms. The van der Waals surface area contributed by atoms with Gasteiger partial charge in [0.1, 0.15) is 11.6 Å². The minimum Gasteiger partial charge on any atom is -0.497 e. The fraction of sp³-hybridized carbons (Fsp3) is 0.267. The molecule has 0 bridgehead atoms. The van der Waals surface area contributed by atoms with E-state index < -0.39 is 10.2 Å².